The van der Waals surface area contributed by atoms with Gasteiger partial charge in [-0.1, -0.05) is 43.3 Å². The van der Waals surface area contributed by atoms with E-state index in [1.807, 2.05) is 38.1 Å². The van der Waals surface area contributed by atoms with Crippen molar-refractivity contribution in [3.8, 4) is 11.1 Å². The molecule has 1 aromatic carbocycles. The fraction of sp³-hybridized carbons (Fsp3) is 0.308. The molecule has 3 N–H and O–H groups in total. The second-order valence-corrected chi connectivity index (χ2v) is 4.73. The smallest absolute Gasteiger partial charge is 0.229 e. The van der Waals surface area contributed by atoms with Gasteiger partial charge >= 0.3 is 0 Å². The van der Waals surface area contributed by atoms with Crippen LogP contribution in [0.1, 0.15) is 19.4 Å². The molecule has 1 heterocycles. The summed E-state index contributed by atoms with van der Waals surface area (Å²) in [6.45, 7) is 4.07. The fourth-order valence-corrected chi connectivity index (χ4v) is 1.66. The summed E-state index contributed by atoms with van der Waals surface area (Å²) in [4.78, 5) is 0. The third-order valence-electron chi connectivity index (χ3n) is 2.95. The number of hydrogen-bond donors (Lipinski definition) is 2. The van der Waals surface area contributed by atoms with Crippen LogP contribution in [0.25, 0.3) is 11.1 Å². The maximum Gasteiger partial charge on any atom is 0.229 e. The molecule has 0 fully saturated rings. The van der Waals surface area contributed by atoms with Gasteiger partial charge in [0.05, 0.1) is 18.4 Å². The maximum absolute atomic E-state index is 9.37. The molecule has 1 aromatic heterocycles. The van der Waals surface area contributed by atoms with E-state index < -0.39 is 0 Å². The van der Waals surface area contributed by atoms with E-state index in [0.717, 1.165) is 16.7 Å². The predicted octanol–water partition coefficient (Wildman–Crippen LogP) is 2.19. The van der Waals surface area contributed by atoms with Gasteiger partial charge in [-0.05, 0) is 11.1 Å². The number of rotatable bonds is 3. The molecule has 0 saturated heterocycles. The molecule has 2 aromatic rings. The van der Waals surface area contributed by atoms with Crippen molar-refractivity contribution in [1.82, 2.24) is 5.16 Å². The molecule has 0 aliphatic carbocycles. The summed E-state index contributed by atoms with van der Waals surface area (Å²) in [6.07, 6.45) is 1.60. The first-order valence-electron chi connectivity index (χ1n) is 5.46. The van der Waals surface area contributed by atoms with Gasteiger partial charge in [0.1, 0.15) is 0 Å². The number of nitrogens with zero attached hydrogens (tertiary/aromatic N) is 1. The Bertz CT molecular complexity index is 518. The molecule has 0 amide bonds. The average molecular weight is 232 g/mol. The van der Waals surface area contributed by atoms with Crippen molar-refractivity contribution < 1.29 is 9.63 Å². The van der Waals surface area contributed by atoms with Crippen LogP contribution in [0.3, 0.4) is 0 Å². The zero-order valence-corrected chi connectivity index (χ0v) is 9.97. The summed E-state index contributed by atoms with van der Waals surface area (Å²) < 4.78 is 4.85. The van der Waals surface area contributed by atoms with Crippen LogP contribution in [0.15, 0.2) is 35.0 Å². The second-order valence-electron chi connectivity index (χ2n) is 4.73. The van der Waals surface area contributed by atoms with Gasteiger partial charge in [-0.25, -0.2) is 0 Å². The molecule has 0 saturated carbocycles. The third-order valence-corrected chi connectivity index (χ3v) is 2.95. The number of nitrogens with two attached hydrogens (primary N) is 1. The van der Waals surface area contributed by atoms with Crippen LogP contribution >= 0.6 is 0 Å². The van der Waals surface area contributed by atoms with Gasteiger partial charge in [0.25, 0.3) is 0 Å². The highest BCUT2D eigenvalue weighted by Gasteiger charge is 2.20. The van der Waals surface area contributed by atoms with Crippen molar-refractivity contribution >= 4 is 5.88 Å². The molecule has 2 rings (SSSR count). The number of anilines is 1. The molecule has 17 heavy (non-hydrogen) atoms. The predicted molar refractivity (Wildman–Crippen MR) is 66.5 cm³/mol. The minimum atomic E-state index is -0.276. The molecule has 0 atom stereocenters. The highest BCUT2D eigenvalue weighted by Crippen LogP contribution is 2.30. The lowest BCUT2D eigenvalue weighted by molar-refractivity contribution is 0.218. The summed E-state index contributed by atoms with van der Waals surface area (Å²) in [6, 6.07) is 7.87. The molecule has 0 aliphatic heterocycles. The summed E-state index contributed by atoms with van der Waals surface area (Å²) in [5, 5.41) is 13.0. The van der Waals surface area contributed by atoms with Crippen LogP contribution in [-0.4, -0.2) is 16.9 Å². The van der Waals surface area contributed by atoms with Crippen molar-refractivity contribution in [1.29, 1.82) is 0 Å². The number of aromatic nitrogens is 1. The molecule has 0 radical (unpaired) electrons. The number of benzene rings is 1. The van der Waals surface area contributed by atoms with E-state index in [1.54, 1.807) is 6.20 Å². The topological polar surface area (TPSA) is 72.3 Å². The van der Waals surface area contributed by atoms with Crippen LogP contribution in [0, 0.1) is 0 Å². The van der Waals surface area contributed by atoms with Gasteiger partial charge in [0, 0.05) is 5.41 Å². The Morgan fingerprint density at radius 1 is 1.41 bits per heavy atom. The van der Waals surface area contributed by atoms with Gasteiger partial charge in [0.15, 0.2) is 0 Å². The standard InChI is InChI=1S/C13H16N2O2/c1-13(2,8-16)10-5-3-4-9(6-10)11-7-15-17-12(11)14/h3-7,16H,8,14H2,1-2H3. The molecule has 0 unspecified atom stereocenters. The van der Waals surface area contributed by atoms with Crippen molar-refractivity contribution in [3.05, 3.63) is 36.0 Å². The lowest BCUT2D eigenvalue weighted by Crippen LogP contribution is -2.21. The van der Waals surface area contributed by atoms with E-state index in [9.17, 15) is 5.11 Å². The van der Waals surface area contributed by atoms with E-state index in [1.165, 1.54) is 0 Å². The van der Waals surface area contributed by atoms with Crippen molar-refractivity contribution in [3.63, 3.8) is 0 Å². The molecule has 0 bridgehead atoms. The van der Waals surface area contributed by atoms with Gasteiger partial charge in [0.2, 0.25) is 5.88 Å². The van der Waals surface area contributed by atoms with Gasteiger partial charge in [-0.3, -0.25) is 0 Å². The number of aliphatic hydroxyl groups excluding tert-OH is 1. The SMILES string of the molecule is CC(C)(CO)c1cccc(-c2cnoc2N)c1. The number of hydrogen-bond acceptors (Lipinski definition) is 4. The normalized spacial score (nSPS) is 11.7. The van der Waals surface area contributed by atoms with Gasteiger partial charge in [-0.2, -0.15) is 0 Å². The quantitative estimate of drug-likeness (QED) is 0.850. The number of aliphatic hydroxyl groups is 1. The Morgan fingerprint density at radius 3 is 2.76 bits per heavy atom. The highest BCUT2D eigenvalue weighted by molar-refractivity contribution is 5.72. The van der Waals surface area contributed by atoms with Gasteiger partial charge < -0.3 is 15.4 Å². The van der Waals surface area contributed by atoms with Crippen molar-refractivity contribution in [2.75, 3.05) is 12.3 Å². The van der Waals surface area contributed by atoms with Crippen molar-refractivity contribution in [2.24, 2.45) is 0 Å². The first-order chi connectivity index (χ1) is 8.04. The zero-order valence-electron chi connectivity index (χ0n) is 9.97. The Balaban J connectivity index is 2.46. The Morgan fingerprint density at radius 2 is 2.18 bits per heavy atom. The Hall–Kier alpha value is -1.81. The third kappa shape index (κ3) is 2.17. The van der Waals surface area contributed by atoms with Crippen LogP contribution in [0.2, 0.25) is 0 Å². The largest absolute Gasteiger partial charge is 0.395 e. The van der Waals surface area contributed by atoms with Crippen molar-refractivity contribution in [2.45, 2.75) is 19.3 Å². The minimum Gasteiger partial charge on any atom is -0.395 e. The van der Waals surface area contributed by atoms with E-state index in [-0.39, 0.29) is 12.0 Å². The first-order valence-corrected chi connectivity index (χ1v) is 5.46. The van der Waals surface area contributed by atoms with Crippen LogP contribution < -0.4 is 5.73 Å². The molecule has 0 aliphatic rings. The van der Waals surface area contributed by atoms with Crippen LogP contribution in [0.4, 0.5) is 5.88 Å². The Kier molecular flexibility index (Phi) is 2.90. The minimum absolute atomic E-state index is 0.0928. The summed E-state index contributed by atoms with van der Waals surface area (Å²) >= 11 is 0. The van der Waals surface area contributed by atoms with Crippen LogP contribution in [-0.2, 0) is 5.41 Å². The fourth-order valence-electron chi connectivity index (χ4n) is 1.66. The molecule has 4 heteroatoms. The first kappa shape index (κ1) is 11.7. The highest BCUT2D eigenvalue weighted by atomic mass is 16.5. The van der Waals surface area contributed by atoms with E-state index in [4.69, 9.17) is 10.3 Å². The summed E-state index contributed by atoms with van der Waals surface area (Å²) in [5.41, 5.74) is 8.19. The maximum atomic E-state index is 9.37. The lowest BCUT2D eigenvalue weighted by atomic mass is 9.84. The summed E-state index contributed by atoms with van der Waals surface area (Å²) in [5.74, 6) is 0.309. The lowest BCUT2D eigenvalue weighted by Gasteiger charge is -2.22. The number of nitrogen functional groups attached to an aromatic ring is 1. The zero-order chi connectivity index (χ0) is 12.5. The van der Waals surface area contributed by atoms with E-state index in [2.05, 4.69) is 5.16 Å². The summed E-state index contributed by atoms with van der Waals surface area (Å²) in [7, 11) is 0. The molecular formula is C13H16N2O2. The molecule has 4 nitrogen and oxygen atoms in total. The monoisotopic (exact) mass is 232 g/mol. The average Bonchev–Trinajstić information content (AvgIpc) is 2.76. The molecule has 0 spiro atoms. The van der Waals surface area contributed by atoms with Gasteiger partial charge in [-0.15, -0.1) is 0 Å². The van der Waals surface area contributed by atoms with Crippen LogP contribution in [0.5, 0.6) is 0 Å². The molecule has 90 valence electrons. The Labute approximate surface area is 100 Å². The molecular weight excluding hydrogens is 216 g/mol. The second kappa shape index (κ2) is 4.22. The van der Waals surface area contributed by atoms with E-state index >= 15 is 0 Å². The van der Waals surface area contributed by atoms with E-state index in [0.29, 0.717) is 5.88 Å².